The van der Waals surface area contributed by atoms with E-state index < -0.39 is 0 Å². The van der Waals surface area contributed by atoms with E-state index in [-0.39, 0.29) is 11.5 Å². The molecular weight excluding hydrogens is 194 g/mol. The van der Waals surface area contributed by atoms with E-state index in [1.807, 2.05) is 6.92 Å². The van der Waals surface area contributed by atoms with Gasteiger partial charge < -0.3 is 21.0 Å². The van der Waals surface area contributed by atoms with E-state index in [2.05, 4.69) is 10.5 Å². The van der Waals surface area contributed by atoms with Gasteiger partial charge in [-0.1, -0.05) is 5.16 Å². The monoisotopic (exact) mass is 215 g/mol. The van der Waals surface area contributed by atoms with Crippen LogP contribution >= 0.6 is 0 Å². The van der Waals surface area contributed by atoms with Crippen molar-refractivity contribution in [1.29, 1.82) is 0 Å². The standard InChI is InChI=1S/C10H21N3O2/c1-8(15-2)6-12-7-10(3-4-10)5-9(11)13-14/h8,12,14H,3-7H2,1-2H3,(H2,11,13). The third kappa shape index (κ3) is 4.05. The Morgan fingerprint density at radius 3 is 2.80 bits per heavy atom. The molecule has 0 aliphatic heterocycles. The molecule has 0 spiro atoms. The van der Waals surface area contributed by atoms with Crippen LogP contribution in [0, 0.1) is 5.41 Å². The molecule has 4 N–H and O–H groups in total. The largest absolute Gasteiger partial charge is 0.409 e. The normalized spacial score (nSPS) is 21.3. The third-order valence-corrected chi connectivity index (χ3v) is 2.98. The Kier molecular flexibility index (Phi) is 4.35. The minimum Gasteiger partial charge on any atom is -0.409 e. The third-order valence-electron chi connectivity index (χ3n) is 2.98. The summed E-state index contributed by atoms with van der Waals surface area (Å²) in [6, 6.07) is 0. The molecule has 0 aromatic rings. The molecule has 0 saturated heterocycles. The lowest BCUT2D eigenvalue weighted by atomic mass is 10.0. The Hall–Kier alpha value is -0.810. The molecule has 0 aromatic heterocycles. The van der Waals surface area contributed by atoms with Crippen molar-refractivity contribution in [2.75, 3.05) is 20.2 Å². The predicted octanol–water partition coefficient (Wildman–Crippen LogP) is 0.528. The van der Waals surface area contributed by atoms with Crippen LogP contribution < -0.4 is 11.1 Å². The molecule has 1 rings (SSSR count). The molecule has 1 unspecified atom stereocenters. The quantitative estimate of drug-likeness (QED) is 0.250. The van der Waals surface area contributed by atoms with Crippen LogP contribution in [0.4, 0.5) is 0 Å². The summed E-state index contributed by atoms with van der Waals surface area (Å²) in [4.78, 5) is 0. The highest BCUT2D eigenvalue weighted by molar-refractivity contribution is 5.80. The Labute approximate surface area is 90.7 Å². The smallest absolute Gasteiger partial charge is 0.139 e. The van der Waals surface area contributed by atoms with Crippen molar-refractivity contribution in [3.05, 3.63) is 0 Å². The maximum atomic E-state index is 8.50. The van der Waals surface area contributed by atoms with Crippen molar-refractivity contribution in [3.8, 4) is 0 Å². The summed E-state index contributed by atoms with van der Waals surface area (Å²) in [5, 5.41) is 14.9. The molecule has 0 amide bonds. The van der Waals surface area contributed by atoms with Gasteiger partial charge in [0.2, 0.25) is 0 Å². The summed E-state index contributed by atoms with van der Waals surface area (Å²) in [6.45, 7) is 3.78. The highest BCUT2D eigenvalue weighted by Crippen LogP contribution is 2.48. The van der Waals surface area contributed by atoms with Crippen LogP contribution in [-0.2, 0) is 4.74 Å². The van der Waals surface area contributed by atoms with E-state index >= 15 is 0 Å². The fraction of sp³-hybridized carbons (Fsp3) is 0.900. The van der Waals surface area contributed by atoms with Gasteiger partial charge in [-0.25, -0.2) is 0 Å². The highest BCUT2D eigenvalue weighted by atomic mass is 16.5. The molecule has 0 heterocycles. The van der Waals surface area contributed by atoms with Crippen LogP contribution in [-0.4, -0.2) is 37.3 Å². The first-order valence-electron chi connectivity index (χ1n) is 5.32. The Morgan fingerprint density at radius 2 is 2.33 bits per heavy atom. The molecule has 0 bridgehead atoms. The molecule has 5 nitrogen and oxygen atoms in total. The molecule has 5 heteroatoms. The highest BCUT2D eigenvalue weighted by Gasteiger charge is 2.42. The van der Waals surface area contributed by atoms with Crippen LogP contribution in [0.15, 0.2) is 5.16 Å². The van der Waals surface area contributed by atoms with E-state index in [0.29, 0.717) is 12.3 Å². The lowest BCUT2D eigenvalue weighted by molar-refractivity contribution is 0.116. The number of nitrogens with one attached hydrogen (secondary N) is 1. The molecule has 1 fully saturated rings. The maximum Gasteiger partial charge on any atom is 0.139 e. The lowest BCUT2D eigenvalue weighted by Gasteiger charge is -2.17. The van der Waals surface area contributed by atoms with E-state index in [1.165, 1.54) is 0 Å². The molecule has 0 aromatic carbocycles. The zero-order chi connectivity index (χ0) is 11.3. The molecule has 15 heavy (non-hydrogen) atoms. The number of nitrogens with two attached hydrogens (primary N) is 1. The van der Waals surface area contributed by atoms with Gasteiger partial charge in [-0.3, -0.25) is 0 Å². The van der Waals surface area contributed by atoms with Gasteiger partial charge in [0.25, 0.3) is 0 Å². The average molecular weight is 215 g/mol. The summed E-state index contributed by atoms with van der Waals surface area (Å²) >= 11 is 0. The first-order chi connectivity index (χ1) is 7.12. The van der Waals surface area contributed by atoms with Crippen molar-refractivity contribution in [1.82, 2.24) is 5.32 Å². The topological polar surface area (TPSA) is 79.9 Å². The SMILES string of the molecule is COC(C)CNCC1(CC(N)=NO)CC1. The molecule has 0 radical (unpaired) electrons. The predicted molar refractivity (Wildman–Crippen MR) is 59.0 cm³/mol. The molecule has 1 saturated carbocycles. The summed E-state index contributed by atoms with van der Waals surface area (Å²) in [7, 11) is 1.70. The summed E-state index contributed by atoms with van der Waals surface area (Å²) in [5.41, 5.74) is 5.73. The van der Waals surface area contributed by atoms with E-state index in [0.717, 1.165) is 25.9 Å². The van der Waals surface area contributed by atoms with Gasteiger partial charge in [-0.15, -0.1) is 0 Å². The maximum absolute atomic E-state index is 8.50. The molecule has 1 atom stereocenters. The van der Waals surface area contributed by atoms with Crippen molar-refractivity contribution in [2.24, 2.45) is 16.3 Å². The number of amidine groups is 1. The fourth-order valence-electron chi connectivity index (χ4n) is 1.64. The van der Waals surface area contributed by atoms with Crippen LogP contribution in [0.5, 0.6) is 0 Å². The first-order valence-corrected chi connectivity index (χ1v) is 5.32. The fourth-order valence-corrected chi connectivity index (χ4v) is 1.64. The molecular formula is C10H21N3O2. The number of hydrogen-bond donors (Lipinski definition) is 3. The van der Waals surface area contributed by atoms with Crippen molar-refractivity contribution < 1.29 is 9.94 Å². The number of nitrogens with zero attached hydrogens (tertiary/aromatic N) is 1. The lowest BCUT2D eigenvalue weighted by Crippen LogP contribution is -2.33. The number of oxime groups is 1. The van der Waals surface area contributed by atoms with Gasteiger partial charge in [0.05, 0.1) is 6.10 Å². The minimum atomic E-state index is 0.226. The van der Waals surface area contributed by atoms with Crippen LogP contribution in [0.2, 0.25) is 0 Å². The number of methoxy groups -OCH3 is 1. The van der Waals surface area contributed by atoms with Gasteiger partial charge in [0.1, 0.15) is 5.84 Å². The zero-order valence-electron chi connectivity index (χ0n) is 9.49. The molecule has 88 valence electrons. The zero-order valence-corrected chi connectivity index (χ0v) is 9.49. The second-order valence-corrected chi connectivity index (χ2v) is 4.45. The Bertz CT molecular complexity index is 227. The van der Waals surface area contributed by atoms with Gasteiger partial charge in [-0.2, -0.15) is 0 Å². The van der Waals surface area contributed by atoms with Crippen molar-refractivity contribution >= 4 is 5.84 Å². The van der Waals surface area contributed by atoms with Gasteiger partial charge in [-0.05, 0) is 25.2 Å². The summed E-state index contributed by atoms with van der Waals surface area (Å²) in [6.07, 6.45) is 3.21. The van der Waals surface area contributed by atoms with Gasteiger partial charge in [0.15, 0.2) is 0 Å². The number of ether oxygens (including phenoxy) is 1. The summed E-state index contributed by atoms with van der Waals surface area (Å²) in [5.74, 6) is 0.328. The minimum absolute atomic E-state index is 0.226. The average Bonchev–Trinajstić information content (AvgIpc) is 2.97. The van der Waals surface area contributed by atoms with Gasteiger partial charge >= 0.3 is 0 Å². The molecule has 1 aliphatic carbocycles. The number of hydrogen-bond acceptors (Lipinski definition) is 4. The van der Waals surface area contributed by atoms with Crippen LogP contribution in [0.25, 0.3) is 0 Å². The van der Waals surface area contributed by atoms with Gasteiger partial charge in [0, 0.05) is 26.6 Å². The van der Waals surface area contributed by atoms with Crippen molar-refractivity contribution in [2.45, 2.75) is 32.3 Å². The second kappa shape index (κ2) is 5.32. The molecule has 1 aliphatic rings. The van der Waals surface area contributed by atoms with Crippen LogP contribution in [0.3, 0.4) is 0 Å². The van der Waals surface area contributed by atoms with E-state index in [4.69, 9.17) is 15.7 Å². The Morgan fingerprint density at radius 1 is 1.67 bits per heavy atom. The Balaban J connectivity index is 2.20. The van der Waals surface area contributed by atoms with E-state index in [9.17, 15) is 0 Å². The summed E-state index contributed by atoms with van der Waals surface area (Å²) < 4.78 is 5.14. The number of rotatable bonds is 7. The van der Waals surface area contributed by atoms with Crippen LogP contribution in [0.1, 0.15) is 26.2 Å². The van der Waals surface area contributed by atoms with E-state index in [1.54, 1.807) is 7.11 Å². The van der Waals surface area contributed by atoms with Crippen molar-refractivity contribution in [3.63, 3.8) is 0 Å². The second-order valence-electron chi connectivity index (χ2n) is 4.45. The first kappa shape index (κ1) is 12.3.